The molecule has 2 heterocycles. The number of carbonyl (C=O) groups is 2. The molecule has 4 rings (SSSR count). The third-order valence-corrected chi connectivity index (χ3v) is 8.85. The topological polar surface area (TPSA) is 152 Å². The molecule has 0 aliphatic heterocycles. The summed E-state index contributed by atoms with van der Waals surface area (Å²) in [5.74, 6) is 1.51. The van der Waals surface area contributed by atoms with E-state index in [-0.39, 0.29) is 47.8 Å². The molecule has 0 saturated carbocycles. The summed E-state index contributed by atoms with van der Waals surface area (Å²) in [4.78, 5) is 25.0. The molecule has 0 aliphatic rings. The van der Waals surface area contributed by atoms with Crippen molar-refractivity contribution in [3.05, 3.63) is 36.4 Å². The number of ether oxygens (including phenoxy) is 2. The van der Waals surface area contributed by atoms with Gasteiger partial charge in [0, 0.05) is 36.7 Å². The number of fused-ring (bicyclic) bond motifs is 2. The van der Waals surface area contributed by atoms with Gasteiger partial charge in [0.05, 0.1) is 25.3 Å². The predicted molar refractivity (Wildman–Crippen MR) is 195 cm³/mol. The van der Waals surface area contributed by atoms with Gasteiger partial charge in [0.1, 0.15) is 11.5 Å². The Balaban J connectivity index is 1.21. The molecular weight excluding hydrogens is 636 g/mol. The molecule has 270 valence electrons. The number of carbonyl (C=O) groups excluding carboxylic acids is 2. The number of azo groups is 2. The van der Waals surface area contributed by atoms with E-state index >= 15 is 0 Å². The largest absolute Gasteiger partial charge is 0.497 e. The van der Waals surface area contributed by atoms with Gasteiger partial charge in [-0.15, -0.1) is 20.5 Å². The highest BCUT2D eigenvalue weighted by Gasteiger charge is 2.20. The van der Waals surface area contributed by atoms with Crippen LogP contribution in [0.15, 0.2) is 56.9 Å². The van der Waals surface area contributed by atoms with E-state index in [1.165, 1.54) is 0 Å². The third kappa shape index (κ3) is 9.92. The van der Waals surface area contributed by atoms with E-state index in [2.05, 4.69) is 48.2 Å². The smallest absolute Gasteiger partial charge is 0.264 e. The van der Waals surface area contributed by atoms with Crippen LogP contribution in [0.5, 0.6) is 23.3 Å². The highest BCUT2D eigenvalue weighted by molar-refractivity contribution is 5.97. The van der Waals surface area contributed by atoms with Gasteiger partial charge in [-0.1, -0.05) is 53.4 Å². The summed E-state index contributed by atoms with van der Waals surface area (Å²) in [7, 11) is 3.16. The molecule has 0 bridgehead atoms. The summed E-state index contributed by atoms with van der Waals surface area (Å²) in [5.41, 5.74) is 2.18. The average molecular weight is 689 g/mol. The Kier molecular flexibility index (Phi) is 13.9. The van der Waals surface area contributed by atoms with Crippen LogP contribution in [0.3, 0.4) is 0 Å². The molecule has 2 amide bonds. The molecule has 0 unspecified atom stereocenters. The van der Waals surface area contributed by atoms with Gasteiger partial charge in [-0.25, -0.2) is 0 Å². The SMILES string of the molecule is COc1ccc2c(c1)c(N=NC(=O)CCCCCCCCC(=O)N=Nc1c(O)n(CCC(C)C)c3ccc(OC)cc13)c(O)n2CCC(C)C. The fourth-order valence-electron chi connectivity index (χ4n) is 5.85. The summed E-state index contributed by atoms with van der Waals surface area (Å²) in [6.45, 7) is 9.76. The van der Waals surface area contributed by atoms with E-state index in [0.29, 0.717) is 60.0 Å². The second-order valence-electron chi connectivity index (χ2n) is 13.6. The van der Waals surface area contributed by atoms with Gasteiger partial charge in [-0.3, -0.25) is 9.59 Å². The first kappa shape index (κ1) is 38.1. The molecule has 2 aromatic heterocycles. The maximum Gasteiger partial charge on any atom is 0.264 e. The average Bonchev–Trinajstić information content (AvgIpc) is 3.52. The van der Waals surface area contributed by atoms with Crippen molar-refractivity contribution >= 4 is 45.0 Å². The van der Waals surface area contributed by atoms with Crippen LogP contribution in [0.1, 0.15) is 91.9 Å². The van der Waals surface area contributed by atoms with Crippen molar-refractivity contribution < 1.29 is 29.3 Å². The molecular formula is C38H52N6O6. The number of aromatic nitrogens is 2. The van der Waals surface area contributed by atoms with Gasteiger partial charge in [-0.2, -0.15) is 0 Å². The summed E-state index contributed by atoms with van der Waals surface area (Å²) in [6.07, 6.45) is 7.23. The Morgan fingerprint density at radius 2 is 1.02 bits per heavy atom. The van der Waals surface area contributed by atoms with Crippen molar-refractivity contribution in [1.82, 2.24) is 9.13 Å². The highest BCUT2D eigenvalue weighted by Crippen LogP contribution is 2.42. The molecule has 0 fully saturated rings. The summed E-state index contributed by atoms with van der Waals surface area (Å²) < 4.78 is 14.3. The minimum atomic E-state index is -0.334. The first-order valence-electron chi connectivity index (χ1n) is 17.7. The second kappa shape index (κ2) is 18.3. The van der Waals surface area contributed by atoms with Gasteiger partial charge in [0.2, 0.25) is 11.8 Å². The van der Waals surface area contributed by atoms with Gasteiger partial charge in [0.25, 0.3) is 11.8 Å². The lowest BCUT2D eigenvalue weighted by Gasteiger charge is -2.09. The van der Waals surface area contributed by atoms with Crippen LogP contribution < -0.4 is 9.47 Å². The van der Waals surface area contributed by atoms with Gasteiger partial charge < -0.3 is 28.8 Å². The summed E-state index contributed by atoms with van der Waals surface area (Å²) >= 11 is 0. The van der Waals surface area contributed by atoms with Crippen LogP contribution in [0.4, 0.5) is 11.4 Å². The molecule has 0 radical (unpaired) electrons. The van der Waals surface area contributed by atoms with E-state index in [1.54, 1.807) is 35.5 Å². The van der Waals surface area contributed by atoms with Gasteiger partial charge in [-0.05, 0) is 73.9 Å². The van der Waals surface area contributed by atoms with Crippen molar-refractivity contribution in [3.8, 4) is 23.3 Å². The molecule has 50 heavy (non-hydrogen) atoms. The van der Waals surface area contributed by atoms with Crippen LogP contribution in [0.25, 0.3) is 21.8 Å². The minimum absolute atomic E-state index is 0.00563. The van der Waals surface area contributed by atoms with E-state index in [1.807, 2.05) is 24.3 Å². The zero-order chi connectivity index (χ0) is 36.2. The number of hydrogen-bond acceptors (Lipinski definition) is 8. The number of methoxy groups -OCH3 is 2. The molecule has 4 aromatic rings. The molecule has 0 spiro atoms. The van der Waals surface area contributed by atoms with E-state index < -0.39 is 0 Å². The van der Waals surface area contributed by atoms with E-state index in [0.717, 1.165) is 49.6 Å². The minimum Gasteiger partial charge on any atom is -0.497 e. The number of unbranched alkanes of at least 4 members (excludes halogenated alkanes) is 5. The lowest BCUT2D eigenvalue weighted by Crippen LogP contribution is -2.00. The van der Waals surface area contributed by atoms with Crippen molar-refractivity contribution in [2.45, 2.75) is 105 Å². The number of rotatable bonds is 19. The quantitative estimate of drug-likeness (QED) is 0.0738. The number of hydrogen-bond donors (Lipinski definition) is 2. The summed E-state index contributed by atoms with van der Waals surface area (Å²) in [6, 6.07) is 11.0. The standard InChI is InChI=1S/C38H52N6O6/c1-25(2)19-21-43-31-17-15-27(49-5)23-29(31)35(37(43)47)41-39-33(45)13-11-9-7-8-10-12-14-34(46)40-42-36-30-24-28(50-6)16-18-32(30)44(38(36)48)22-20-26(3)4/h15-18,23-26,47-48H,7-14,19-22H2,1-6H3. The molecule has 2 N–H and O–H groups in total. The van der Waals surface area contributed by atoms with E-state index in [4.69, 9.17) is 9.47 Å². The van der Waals surface area contributed by atoms with Crippen molar-refractivity contribution in [1.29, 1.82) is 0 Å². The van der Waals surface area contributed by atoms with Gasteiger partial charge in [0.15, 0.2) is 11.4 Å². The van der Waals surface area contributed by atoms with Crippen molar-refractivity contribution in [3.63, 3.8) is 0 Å². The zero-order valence-corrected chi connectivity index (χ0v) is 30.3. The molecule has 2 aromatic carbocycles. The monoisotopic (exact) mass is 688 g/mol. The highest BCUT2D eigenvalue weighted by atomic mass is 16.5. The number of benzene rings is 2. The second-order valence-corrected chi connectivity index (χ2v) is 13.6. The molecule has 12 heteroatoms. The summed E-state index contributed by atoms with van der Waals surface area (Å²) in [5, 5.41) is 39.4. The Morgan fingerprint density at radius 1 is 0.640 bits per heavy atom. The normalized spacial score (nSPS) is 12.1. The molecule has 0 atom stereocenters. The molecule has 0 aliphatic carbocycles. The fourth-order valence-corrected chi connectivity index (χ4v) is 5.85. The van der Waals surface area contributed by atoms with Crippen LogP contribution in [-0.4, -0.2) is 45.4 Å². The first-order chi connectivity index (χ1) is 24.0. The maximum atomic E-state index is 12.5. The Labute approximate surface area is 294 Å². The predicted octanol–water partition coefficient (Wildman–Crippen LogP) is 10.2. The van der Waals surface area contributed by atoms with Crippen LogP contribution in [-0.2, 0) is 22.7 Å². The lowest BCUT2D eigenvalue weighted by atomic mass is 10.1. The zero-order valence-electron chi connectivity index (χ0n) is 30.3. The third-order valence-electron chi connectivity index (χ3n) is 8.85. The fraction of sp³-hybridized carbons (Fsp3) is 0.526. The number of amides is 2. The maximum absolute atomic E-state index is 12.5. The first-order valence-corrected chi connectivity index (χ1v) is 17.7. The molecule has 0 saturated heterocycles. The number of nitrogens with zero attached hydrogens (tertiary/aromatic N) is 6. The molecule has 12 nitrogen and oxygen atoms in total. The number of aryl methyl sites for hydroxylation is 2. The Bertz CT molecular complexity index is 1690. The van der Waals surface area contributed by atoms with Crippen molar-refractivity contribution in [2.24, 2.45) is 32.3 Å². The lowest BCUT2D eigenvalue weighted by molar-refractivity contribution is -0.119. The van der Waals surface area contributed by atoms with Gasteiger partial charge >= 0.3 is 0 Å². The van der Waals surface area contributed by atoms with Crippen molar-refractivity contribution in [2.75, 3.05) is 14.2 Å². The van der Waals surface area contributed by atoms with Crippen LogP contribution >= 0.6 is 0 Å². The van der Waals surface area contributed by atoms with E-state index in [9.17, 15) is 19.8 Å². The van der Waals surface area contributed by atoms with Crippen LogP contribution in [0.2, 0.25) is 0 Å². The Morgan fingerprint density at radius 3 is 1.38 bits per heavy atom. The van der Waals surface area contributed by atoms with Crippen LogP contribution in [0, 0.1) is 11.8 Å². The number of aromatic hydroxyl groups is 2. The Hall–Kier alpha value is -4.74.